The van der Waals surface area contributed by atoms with Gasteiger partial charge in [-0.15, -0.1) is 0 Å². The monoisotopic (exact) mass is 363 g/mol. The Labute approximate surface area is 146 Å². The van der Waals surface area contributed by atoms with Crippen LogP contribution in [0.25, 0.3) is 22.3 Å². The molecule has 5 nitrogen and oxygen atoms in total. The average Bonchev–Trinajstić information content (AvgIpc) is 2.54. The highest BCUT2D eigenvalue weighted by atomic mass is 35.5. The molecule has 0 unspecified atom stereocenters. The van der Waals surface area contributed by atoms with Gasteiger partial charge in [0.1, 0.15) is 12.2 Å². The molecule has 122 valence electrons. The summed E-state index contributed by atoms with van der Waals surface area (Å²) in [5.74, 6) is -1.68. The maximum atomic E-state index is 12.6. The van der Waals surface area contributed by atoms with Gasteiger partial charge in [0, 0.05) is 10.6 Å². The smallest absolute Gasteiger partial charge is 0.235 e. The molecule has 2 aromatic carbocycles. The summed E-state index contributed by atoms with van der Waals surface area (Å²) in [6.07, 6.45) is 0. The van der Waals surface area contributed by atoms with E-state index in [-0.39, 0.29) is 21.9 Å². The van der Waals surface area contributed by atoms with Crippen LogP contribution in [-0.4, -0.2) is 12.6 Å². The summed E-state index contributed by atoms with van der Waals surface area (Å²) >= 11 is 12.1. The van der Waals surface area contributed by atoms with Gasteiger partial charge in [0.25, 0.3) is 0 Å². The largest absolute Gasteiger partial charge is 0.546 e. The third-order valence-electron chi connectivity index (χ3n) is 3.27. The topological polar surface area (TPSA) is 79.6 Å². The van der Waals surface area contributed by atoms with Crippen molar-refractivity contribution in [1.82, 2.24) is 0 Å². The lowest BCUT2D eigenvalue weighted by atomic mass is 10.1. The number of carbonyl (C=O) groups is 1. The summed E-state index contributed by atoms with van der Waals surface area (Å²) in [6.45, 7) is -0.790. The molecule has 1 heterocycles. The molecule has 0 saturated carbocycles. The first-order valence-corrected chi connectivity index (χ1v) is 7.57. The van der Waals surface area contributed by atoms with E-state index in [0.717, 1.165) is 0 Å². The van der Waals surface area contributed by atoms with E-state index in [4.69, 9.17) is 32.4 Å². The highest BCUT2D eigenvalue weighted by molar-refractivity contribution is 6.36. The van der Waals surface area contributed by atoms with Gasteiger partial charge in [0.15, 0.2) is 5.76 Å². The molecule has 0 amide bonds. The quantitative estimate of drug-likeness (QED) is 0.711. The van der Waals surface area contributed by atoms with Crippen LogP contribution in [0.2, 0.25) is 10.0 Å². The highest BCUT2D eigenvalue weighted by Gasteiger charge is 2.19. The molecule has 0 aliphatic rings. The van der Waals surface area contributed by atoms with E-state index in [1.165, 1.54) is 6.07 Å². The standard InChI is InChI=1S/C17H10Cl2O5/c18-9-5-6-10(12(19)7-9)16-17(23-8-14(20)21)15(22)11-3-1-2-4-13(11)24-16/h1-7H,8H2,(H,20,21)/p-1. The molecular formula is C17H9Cl2O5-. The molecule has 0 bridgehead atoms. The van der Waals surface area contributed by atoms with E-state index in [1.54, 1.807) is 36.4 Å². The van der Waals surface area contributed by atoms with E-state index >= 15 is 0 Å². The average molecular weight is 364 g/mol. The molecule has 0 N–H and O–H groups in total. The number of carboxylic acids is 1. The molecule has 0 spiro atoms. The number of halogens is 2. The number of fused-ring (bicyclic) bond motifs is 1. The summed E-state index contributed by atoms with van der Waals surface area (Å²) in [7, 11) is 0. The Balaban J connectivity index is 2.29. The first kappa shape index (κ1) is 16.4. The van der Waals surface area contributed by atoms with Crippen LogP contribution in [0.15, 0.2) is 51.7 Å². The van der Waals surface area contributed by atoms with Crippen molar-refractivity contribution in [2.75, 3.05) is 6.61 Å². The number of benzene rings is 2. The molecule has 3 aromatic rings. The van der Waals surface area contributed by atoms with Crippen LogP contribution in [0.4, 0.5) is 0 Å². The lowest BCUT2D eigenvalue weighted by Crippen LogP contribution is -2.30. The van der Waals surface area contributed by atoms with Gasteiger partial charge in [0.05, 0.1) is 16.4 Å². The van der Waals surface area contributed by atoms with Crippen LogP contribution in [0, 0.1) is 0 Å². The molecule has 0 saturated heterocycles. The fourth-order valence-corrected chi connectivity index (χ4v) is 2.73. The first-order chi connectivity index (χ1) is 11.5. The van der Waals surface area contributed by atoms with Crippen LogP contribution >= 0.6 is 23.2 Å². The maximum absolute atomic E-state index is 12.6. The van der Waals surface area contributed by atoms with Gasteiger partial charge in [-0.25, -0.2) is 0 Å². The summed E-state index contributed by atoms with van der Waals surface area (Å²) in [4.78, 5) is 23.3. The van der Waals surface area contributed by atoms with E-state index in [0.29, 0.717) is 16.2 Å². The molecule has 7 heteroatoms. The number of ether oxygens (including phenoxy) is 1. The summed E-state index contributed by atoms with van der Waals surface area (Å²) in [6, 6.07) is 11.2. The number of aliphatic carboxylic acids is 1. The number of hydrogen-bond donors (Lipinski definition) is 0. The van der Waals surface area contributed by atoms with Crippen molar-refractivity contribution < 1.29 is 19.1 Å². The molecule has 0 atom stereocenters. The van der Waals surface area contributed by atoms with Crippen molar-refractivity contribution in [2.45, 2.75) is 0 Å². The Morgan fingerprint density at radius 2 is 1.92 bits per heavy atom. The third-order valence-corrected chi connectivity index (χ3v) is 3.81. The number of hydrogen-bond acceptors (Lipinski definition) is 5. The minimum Gasteiger partial charge on any atom is -0.546 e. The molecule has 24 heavy (non-hydrogen) atoms. The minimum atomic E-state index is -1.46. The summed E-state index contributed by atoms with van der Waals surface area (Å²) < 4.78 is 10.9. The van der Waals surface area contributed by atoms with Gasteiger partial charge >= 0.3 is 0 Å². The second kappa shape index (κ2) is 6.55. The zero-order valence-corrected chi connectivity index (χ0v) is 13.6. The van der Waals surface area contributed by atoms with Gasteiger partial charge in [-0.05, 0) is 30.3 Å². The Morgan fingerprint density at radius 1 is 1.17 bits per heavy atom. The Bertz CT molecular complexity index is 994. The van der Waals surface area contributed by atoms with Crippen LogP contribution in [0.3, 0.4) is 0 Å². The van der Waals surface area contributed by atoms with Crippen molar-refractivity contribution in [3.05, 3.63) is 62.7 Å². The second-order valence-electron chi connectivity index (χ2n) is 4.87. The molecule has 0 radical (unpaired) electrons. The molecule has 3 rings (SSSR count). The predicted octanol–water partition coefficient (Wildman–Crippen LogP) is 2.90. The van der Waals surface area contributed by atoms with E-state index < -0.39 is 18.0 Å². The number of rotatable bonds is 4. The first-order valence-electron chi connectivity index (χ1n) is 6.81. The van der Waals surface area contributed by atoms with E-state index in [2.05, 4.69) is 0 Å². The normalized spacial score (nSPS) is 10.8. The number of para-hydroxylation sites is 1. The Hall–Kier alpha value is -2.50. The van der Waals surface area contributed by atoms with Crippen molar-refractivity contribution in [1.29, 1.82) is 0 Å². The fraction of sp³-hybridized carbons (Fsp3) is 0.0588. The highest BCUT2D eigenvalue weighted by Crippen LogP contribution is 2.36. The van der Waals surface area contributed by atoms with Crippen LogP contribution < -0.4 is 15.3 Å². The van der Waals surface area contributed by atoms with Gasteiger partial charge < -0.3 is 19.1 Å². The van der Waals surface area contributed by atoms with Crippen molar-refractivity contribution in [3.63, 3.8) is 0 Å². The zero-order valence-electron chi connectivity index (χ0n) is 12.0. The minimum absolute atomic E-state index is 0.0293. The van der Waals surface area contributed by atoms with Crippen LogP contribution in [0.5, 0.6) is 5.75 Å². The lowest BCUT2D eigenvalue weighted by Gasteiger charge is -2.13. The van der Waals surface area contributed by atoms with Gasteiger partial charge in [0.2, 0.25) is 11.2 Å². The number of carbonyl (C=O) groups excluding carboxylic acids is 1. The van der Waals surface area contributed by atoms with Gasteiger partial charge in [-0.1, -0.05) is 35.3 Å². The second-order valence-corrected chi connectivity index (χ2v) is 5.71. The van der Waals surface area contributed by atoms with Crippen LogP contribution in [-0.2, 0) is 4.79 Å². The summed E-state index contributed by atoms with van der Waals surface area (Å²) in [5.41, 5.74) is 0.181. The van der Waals surface area contributed by atoms with Crippen LogP contribution in [0.1, 0.15) is 0 Å². The molecule has 0 aliphatic carbocycles. The Morgan fingerprint density at radius 3 is 2.62 bits per heavy atom. The van der Waals surface area contributed by atoms with Gasteiger partial charge in [-0.2, -0.15) is 0 Å². The van der Waals surface area contributed by atoms with E-state index in [9.17, 15) is 14.7 Å². The lowest BCUT2D eigenvalue weighted by molar-refractivity contribution is -0.307. The molecule has 0 aliphatic heterocycles. The Kier molecular flexibility index (Phi) is 4.46. The van der Waals surface area contributed by atoms with Crippen molar-refractivity contribution in [3.8, 4) is 17.1 Å². The van der Waals surface area contributed by atoms with Gasteiger partial charge in [-0.3, -0.25) is 4.79 Å². The number of carboxylic acid groups (broad SMARTS) is 1. The molecular weight excluding hydrogens is 355 g/mol. The van der Waals surface area contributed by atoms with Crippen molar-refractivity contribution >= 4 is 40.1 Å². The van der Waals surface area contributed by atoms with Crippen molar-refractivity contribution in [2.24, 2.45) is 0 Å². The fourth-order valence-electron chi connectivity index (χ4n) is 2.24. The van der Waals surface area contributed by atoms with E-state index in [1.807, 2.05) is 0 Å². The SMILES string of the molecule is O=C([O-])COc1c(-c2ccc(Cl)cc2Cl)oc2ccccc2c1=O. The predicted molar refractivity (Wildman–Crippen MR) is 88.4 cm³/mol. The summed E-state index contributed by atoms with van der Waals surface area (Å²) in [5, 5.41) is 11.6. The molecule has 0 fully saturated rings. The third kappa shape index (κ3) is 3.09. The zero-order chi connectivity index (χ0) is 17.3. The maximum Gasteiger partial charge on any atom is 0.235 e. The molecule has 1 aromatic heterocycles.